The first-order valence-corrected chi connectivity index (χ1v) is 16.3. The predicted molar refractivity (Wildman–Crippen MR) is 157 cm³/mol. The van der Waals surface area contributed by atoms with Gasteiger partial charge in [-0.3, -0.25) is 9.59 Å². The standard InChI is InChI=1S/C35H54O6/c1-9-10-23-13-18-35(30(38)40-21-28(37)39-8)20-19-33(6)24(29(23)35)11-12-26-32(5)16-15-27(41-22(2)36)31(3,4)25(32)14-17-34(26,33)7/h9-10,23-27,29H,11-21H2,1-8H3/b10-9+/t23?,24-,25+,26?,27+,29?,32+,33-,34-,35?/m1/s1. The maximum atomic E-state index is 13.8. The quantitative estimate of drug-likeness (QED) is 0.196. The molecule has 10 atom stereocenters. The van der Waals surface area contributed by atoms with Gasteiger partial charge >= 0.3 is 17.9 Å². The topological polar surface area (TPSA) is 78.9 Å². The van der Waals surface area contributed by atoms with E-state index in [1.807, 2.05) is 0 Å². The van der Waals surface area contributed by atoms with Gasteiger partial charge in [0.15, 0.2) is 6.61 Å². The summed E-state index contributed by atoms with van der Waals surface area (Å²) < 4.78 is 16.4. The van der Waals surface area contributed by atoms with Crippen molar-refractivity contribution in [1.82, 2.24) is 0 Å². The van der Waals surface area contributed by atoms with E-state index >= 15 is 0 Å². The summed E-state index contributed by atoms with van der Waals surface area (Å²) in [5, 5.41) is 0. The maximum absolute atomic E-state index is 13.8. The van der Waals surface area contributed by atoms with E-state index in [1.165, 1.54) is 20.0 Å². The monoisotopic (exact) mass is 570 g/mol. The normalized spacial score (nSPS) is 46.4. The van der Waals surface area contributed by atoms with Crippen LogP contribution in [0, 0.1) is 56.7 Å². The number of methoxy groups -OCH3 is 1. The molecule has 0 aliphatic heterocycles. The highest BCUT2D eigenvalue weighted by Crippen LogP contribution is 2.77. The largest absolute Gasteiger partial charge is 0.466 e. The fourth-order valence-corrected chi connectivity index (χ4v) is 12.2. The molecule has 0 heterocycles. The van der Waals surface area contributed by atoms with Gasteiger partial charge in [0.25, 0.3) is 0 Å². The zero-order chi connectivity index (χ0) is 30.0. The van der Waals surface area contributed by atoms with E-state index < -0.39 is 11.4 Å². The molecule has 0 amide bonds. The van der Waals surface area contributed by atoms with Crippen molar-refractivity contribution in [3.8, 4) is 0 Å². The van der Waals surface area contributed by atoms with Crippen molar-refractivity contribution in [3.63, 3.8) is 0 Å². The molecular formula is C35H54O6. The van der Waals surface area contributed by atoms with Crippen LogP contribution in [0.15, 0.2) is 12.2 Å². The summed E-state index contributed by atoms with van der Waals surface area (Å²) in [7, 11) is 1.33. The number of fused-ring (bicyclic) bond motifs is 7. The number of carbonyl (C=O) groups excluding carboxylic acids is 3. The van der Waals surface area contributed by atoms with Crippen molar-refractivity contribution in [1.29, 1.82) is 0 Å². The number of carbonyl (C=O) groups is 3. The molecule has 41 heavy (non-hydrogen) atoms. The minimum atomic E-state index is -0.517. The zero-order valence-corrected chi connectivity index (χ0v) is 26.8. The van der Waals surface area contributed by atoms with Crippen molar-refractivity contribution >= 4 is 17.9 Å². The summed E-state index contributed by atoms with van der Waals surface area (Å²) in [6.07, 6.45) is 14.9. The summed E-state index contributed by atoms with van der Waals surface area (Å²) in [4.78, 5) is 37.7. The average molecular weight is 571 g/mol. The molecule has 5 fully saturated rings. The molecule has 5 aliphatic carbocycles. The number of hydrogen-bond donors (Lipinski definition) is 0. The minimum Gasteiger partial charge on any atom is -0.466 e. The molecule has 4 unspecified atom stereocenters. The molecule has 6 heteroatoms. The van der Waals surface area contributed by atoms with Crippen molar-refractivity contribution in [2.45, 2.75) is 119 Å². The smallest absolute Gasteiger partial charge is 0.344 e. The zero-order valence-electron chi connectivity index (χ0n) is 26.8. The summed E-state index contributed by atoms with van der Waals surface area (Å²) >= 11 is 0. The van der Waals surface area contributed by atoms with Gasteiger partial charge in [-0.05, 0) is 117 Å². The number of allylic oxidation sites excluding steroid dienone is 2. The highest BCUT2D eigenvalue weighted by Gasteiger charge is 2.72. The lowest BCUT2D eigenvalue weighted by Crippen LogP contribution is -2.67. The first-order chi connectivity index (χ1) is 19.2. The molecule has 0 bridgehead atoms. The fourth-order valence-electron chi connectivity index (χ4n) is 12.2. The summed E-state index contributed by atoms with van der Waals surface area (Å²) in [5.74, 6) is 1.32. The Kier molecular flexibility index (Phi) is 7.76. The molecule has 0 radical (unpaired) electrons. The molecule has 0 saturated heterocycles. The van der Waals surface area contributed by atoms with Crippen LogP contribution in [-0.2, 0) is 28.6 Å². The van der Waals surface area contributed by atoms with Crippen LogP contribution in [-0.4, -0.2) is 37.7 Å². The van der Waals surface area contributed by atoms with Gasteiger partial charge in [-0.2, -0.15) is 0 Å². The van der Waals surface area contributed by atoms with Crippen LogP contribution in [0.2, 0.25) is 0 Å². The first-order valence-electron chi connectivity index (χ1n) is 16.3. The van der Waals surface area contributed by atoms with Gasteiger partial charge in [-0.15, -0.1) is 0 Å². The molecule has 0 aromatic carbocycles. The van der Waals surface area contributed by atoms with E-state index in [4.69, 9.17) is 14.2 Å². The van der Waals surface area contributed by atoms with Crippen molar-refractivity contribution < 1.29 is 28.6 Å². The first kappa shape index (κ1) is 30.6. The molecular weight excluding hydrogens is 516 g/mol. The number of ether oxygens (including phenoxy) is 3. The van der Waals surface area contributed by atoms with Gasteiger partial charge < -0.3 is 14.2 Å². The van der Waals surface area contributed by atoms with Crippen molar-refractivity contribution in [3.05, 3.63) is 12.2 Å². The third-order valence-electron chi connectivity index (χ3n) is 14.1. The van der Waals surface area contributed by atoms with E-state index in [1.54, 1.807) is 6.92 Å². The Bertz CT molecular complexity index is 1090. The Labute approximate surface area is 247 Å². The maximum Gasteiger partial charge on any atom is 0.344 e. The lowest BCUT2D eigenvalue weighted by molar-refractivity contribution is -0.250. The van der Waals surface area contributed by atoms with Crippen molar-refractivity contribution in [2.24, 2.45) is 56.7 Å². The van der Waals surface area contributed by atoms with Crippen LogP contribution >= 0.6 is 0 Å². The SMILES string of the molecule is C/C=C/C1CCC2(C(=O)OCC(=O)OC)CC[C@]3(C)[C@H](CCC4[C@@]5(C)CC[C@H](OC(C)=O)C(C)(C)[C@@H]5CC[C@]43C)C12. The molecule has 6 nitrogen and oxygen atoms in total. The highest BCUT2D eigenvalue weighted by atomic mass is 16.6. The second kappa shape index (κ2) is 10.4. The Morgan fingerprint density at radius 1 is 0.829 bits per heavy atom. The third-order valence-corrected chi connectivity index (χ3v) is 14.1. The van der Waals surface area contributed by atoms with E-state index in [0.717, 1.165) is 51.4 Å². The Hall–Kier alpha value is -1.85. The van der Waals surface area contributed by atoms with Crippen LogP contribution < -0.4 is 0 Å². The highest BCUT2D eigenvalue weighted by molar-refractivity contribution is 5.81. The van der Waals surface area contributed by atoms with E-state index in [9.17, 15) is 14.4 Å². The third kappa shape index (κ3) is 4.34. The second-order valence-corrected chi connectivity index (χ2v) is 15.7. The van der Waals surface area contributed by atoms with E-state index in [2.05, 4.69) is 53.7 Å². The average Bonchev–Trinajstić information content (AvgIpc) is 3.28. The Balaban J connectivity index is 1.48. The minimum absolute atomic E-state index is 0.0132. The van der Waals surface area contributed by atoms with Crippen LogP contribution in [0.3, 0.4) is 0 Å². The Morgan fingerprint density at radius 3 is 2.22 bits per heavy atom. The van der Waals surface area contributed by atoms with Crippen LogP contribution in [0.1, 0.15) is 113 Å². The summed E-state index contributed by atoms with van der Waals surface area (Å²) in [6, 6.07) is 0. The molecule has 0 aromatic heterocycles. The number of hydrogen-bond acceptors (Lipinski definition) is 6. The Morgan fingerprint density at radius 2 is 1.56 bits per heavy atom. The molecule has 230 valence electrons. The fraction of sp³-hybridized carbons (Fsp3) is 0.857. The van der Waals surface area contributed by atoms with Crippen LogP contribution in [0.5, 0.6) is 0 Å². The van der Waals surface area contributed by atoms with Gasteiger partial charge in [0.2, 0.25) is 0 Å². The lowest BCUT2D eigenvalue weighted by atomic mass is 9.32. The van der Waals surface area contributed by atoms with Gasteiger partial charge in [0, 0.05) is 12.3 Å². The molecule has 0 N–H and O–H groups in total. The molecule has 5 aliphatic rings. The van der Waals surface area contributed by atoms with Gasteiger partial charge in [0.05, 0.1) is 12.5 Å². The van der Waals surface area contributed by atoms with E-state index in [-0.39, 0.29) is 52.2 Å². The van der Waals surface area contributed by atoms with E-state index in [0.29, 0.717) is 23.7 Å². The molecule has 0 aromatic rings. The number of rotatable bonds is 5. The lowest BCUT2D eigenvalue weighted by Gasteiger charge is -2.72. The van der Waals surface area contributed by atoms with Crippen LogP contribution in [0.25, 0.3) is 0 Å². The van der Waals surface area contributed by atoms with Gasteiger partial charge in [-0.25, -0.2) is 4.79 Å². The summed E-state index contributed by atoms with van der Waals surface area (Å²) in [5.41, 5.74) is -0.0615. The predicted octanol–water partition coefficient (Wildman–Crippen LogP) is 7.29. The van der Waals surface area contributed by atoms with Crippen molar-refractivity contribution in [2.75, 3.05) is 13.7 Å². The molecule has 5 rings (SSSR count). The molecule has 0 spiro atoms. The molecule has 5 saturated carbocycles. The second-order valence-electron chi connectivity index (χ2n) is 15.7. The number of esters is 3. The van der Waals surface area contributed by atoms with Gasteiger partial charge in [-0.1, -0.05) is 46.8 Å². The van der Waals surface area contributed by atoms with Gasteiger partial charge in [0.1, 0.15) is 6.10 Å². The summed E-state index contributed by atoms with van der Waals surface area (Å²) in [6.45, 7) is 15.7. The van der Waals surface area contributed by atoms with Crippen LogP contribution in [0.4, 0.5) is 0 Å².